The fraction of sp³-hybridized carbons (Fsp3) is 0.533. The summed E-state index contributed by atoms with van der Waals surface area (Å²) in [5.41, 5.74) is 0. The second kappa shape index (κ2) is 7.56. The van der Waals surface area contributed by atoms with Gasteiger partial charge in [-0.05, 0) is 37.4 Å². The summed E-state index contributed by atoms with van der Waals surface area (Å²) < 4.78 is 0. The number of hydrogen-bond acceptors (Lipinski definition) is 3. The largest absolute Gasteiger partial charge is 0.354 e. The van der Waals surface area contributed by atoms with Crippen LogP contribution >= 0.6 is 11.8 Å². The minimum absolute atomic E-state index is 0.00507. The molecule has 1 amide bonds. The molecule has 1 aromatic rings. The first-order valence-corrected chi connectivity index (χ1v) is 7.93. The fourth-order valence-electron chi connectivity index (χ4n) is 2.29. The Morgan fingerprint density at radius 3 is 2.95 bits per heavy atom. The van der Waals surface area contributed by atoms with Crippen LogP contribution in [0.15, 0.2) is 35.2 Å². The first kappa shape index (κ1) is 14.4. The molecule has 0 spiro atoms. The molecule has 0 radical (unpaired) electrons. The first-order chi connectivity index (χ1) is 9.25. The van der Waals surface area contributed by atoms with Crippen molar-refractivity contribution in [3.8, 4) is 0 Å². The van der Waals surface area contributed by atoms with E-state index in [2.05, 4.69) is 29.7 Å². The predicted molar refractivity (Wildman–Crippen MR) is 80.4 cm³/mol. The summed E-state index contributed by atoms with van der Waals surface area (Å²) in [6, 6.07) is 10.3. The molecule has 2 N–H and O–H groups in total. The van der Waals surface area contributed by atoms with Crippen molar-refractivity contribution in [2.24, 2.45) is 5.92 Å². The number of hydrogen-bond donors (Lipinski definition) is 2. The number of amides is 1. The van der Waals surface area contributed by atoms with Gasteiger partial charge in [0.25, 0.3) is 0 Å². The van der Waals surface area contributed by atoms with E-state index in [0.29, 0.717) is 5.92 Å². The predicted octanol–water partition coefficient (Wildman–Crippen LogP) is 2.28. The molecule has 1 aromatic carbocycles. The highest BCUT2D eigenvalue weighted by Gasteiger charge is 2.23. The molecule has 0 aromatic heterocycles. The van der Waals surface area contributed by atoms with Gasteiger partial charge in [0.2, 0.25) is 5.91 Å². The number of carbonyl (C=O) groups excluding carboxylic acids is 1. The molecule has 0 saturated carbocycles. The Morgan fingerprint density at radius 2 is 2.21 bits per heavy atom. The molecule has 19 heavy (non-hydrogen) atoms. The van der Waals surface area contributed by atoms with Gasteiger partial charge in [-0.15, -0.1) is 11.8 Å². The lowest BCUT2D eigenvalue weighted by molar-refractivity contribution is -0.123. The minimum Gasteiger partial charge on any atom is -0.354 e. The van der Waals surface area contributed by atoms with Crippen LogP contribution in [0.25, 0.3) is 0 Å². The van der Waals surface area contributed by atoms with Gasteiger partial charge in [-0.3, -0.25) is 4.79 Å². The summed E-state index contributed by atoms with van der Waals surface area (Å²) in [6.07, 6.45) is 2.13. The van der Waals surface area contributed by atoms with E-state index in [-0.39, 0.29) is 11.9 Å². The first-order valence-electron chi connectivity index (χ1n) is 6.94. The SMILES string of the molecule is CC1CCNC(C(=O)NCCSc2ccccc2)C1. The number of rotatable bonds is 5. The summed E-state index contributed by atoms with van der Waals surface area (Å²) >= 11 is 1.77. The Bertz CT molecular complexity index is 396. The molecule has 0 bridgehead atoms. The highest BCUT2D eigenvalue weighted by molar-refractivity contribution is 7.99. The molecule has 1 fully saturated rings. The van der Waals surface area contributed by atoms with E-state index in [0.717, 1.165) is 25.3 Å². The van der Waals surface area contributed by atoms with Crippen molar-refractivity contribution in [2.45, 2.75) is 30.7 Å². The zero-order valence-electron chi connectivity index (χ0n) is 11.4. The molecule has 2 rings (SSSR count). The van der Waals surface area contributed by atoms with E-state index in [1.807, 2.05) is 18.2 Å². The quantitative estimate of drug-likeness (QED) is 0.641. The van der Waals surface area contributed by atoms with Gasteiger partial charge < -0.3 is 10.6 Å². The van der Waals surface area contributed by atoms with Gasteiger partial charge in [-0.2, -0.15) is 0 Å². The van der Waals surface area contributed by atoms with Crippen LogP contribution in [0.4, 0.5) is 0 Å². The third-order valence-electron chi connectivity index (χ3n) is 3.40. The van der Waals surface area contributed by atoms with Gasteiger partial charge in [0.15, 0.2) is 0 Å². The molecule has 3 nitrogen and oxygen atoms in total. The van der Waals surface area contributed by atoms with Gasteiger partial charge in [0.05, 0.1) is 6.04 Å². The normalized spacial score (nSPS) is 23.0. The molecule has 1 saturated heterocycles. The lowest BCUT2D eigenvalue weighted by Gasteiger charge is -2.27. The van der Waals surface area contributed by atoms with Crippen LogP contribution in [0.3, 0.4) is 0 Å². The van der Waals surface area contributed by atoms with Gasteiger partial charge >= 0.3 is 0 Å². The average molecular weight is 278 g/mol. The van der Waals surface area contributed by atoms with Crippen molar-refractivity contribution >= 4 is 17.7 Å². The van der Waals surface area contributed by atoms with Crippen LogP contribution in [0, 0.1) is 5.92 Å². The summed E-state index contributed by atoms with van der Waals surface area (Å²) in [6.45, 7) is 3.90. The summed E-state index contributed by atoms with van der Waals surface area (Å²) in [7, 11) is 0. The smallest absolute Gasteiger partial charge is 0.237 e. The van der Waals surface area contributed by atoms with Crippen LogP contribution in [0.1, 0.15) is 19.8 Å². The average Bonchev–Trinajstić information content (AvgIpc) is 2.44. The molecule has 1 aliphatic heterocycles. The Hall–Kier alpha value is -1.00. The number of thioether (sulfide) groups is 1. The zero-order chi connectivity index (χ0) is 13.5. The second-order valence-electron chi connectivity index (χ2n) is 5.09. The van der Waals surface area contributed by atoms with Gasteiger partial charge in [-0.1, -0.05) is 25.1 Å². The molecule has 2 atom stereocenters. The van der Waals surface area contributed by atoms with Crippen LogP contribution in [-0.2, 0) is 4.79 Å². The van der Waals surface area contributed by atoms with Crippen molar-refractivity contribution in [3.05, 3.63) is 30.3 Å². The number of nitrogens with one attached hydrogen (secondary N) is 2. The number of carbonyl (C=O) groups is 1. The lowest BCUT2D eigenvalue weighted by Crippen LogP contribution is -2.48. The Balaban J connectivity index is 1.64. The molecule has 2 unspecified atom stereocenters. The van der Waals surface area contributed by atoms with E-state index in [1.54, 1.807) is 11.8 Å². The summed E-state index contributed by atoms with van der Waals surface area (Å²) in [4.78, 5) is 13.2. The van der Waals surface area contributed by atoms with E-state index >= 15 is 0 Å². The second-order valence-corrected chi connectivity index (χ2v) is 6.26. The maximum absolute atomic E-state index is 12.0. The van der Waals surface area contributed by atoms with Gasteiger partial charge in [-0.25, -0.2) is 0 Å². The third-order valence-corrected chi connectivity index (χ3v) is 4.41. The molecule has 104 valence electrons. The van der Waals surface area contributed by atoms with E-state index in [1.165, 1.54) is 11.3 Å². The number of piperidine rings is 1. The Morgan fingerprint density at radius 1 is 1.42 bits per heavy atom. The van der Waals surface area contributed by atoms with Crippen molar-refractivity contribution in [1.29, 1.82) is 0 Å². The standard InChI is InChI=1S/C15H22N2OS/c1-12-7-8-16-14(11-12)15(18)17-9-10-19-13-5-3-2-4-6-13/h2-6,12,14,16H,7-11H2,1H3,(H,17,18). The van der Waals surface area contributed by atoms with Crippen molar-refractivity contribution < 1.29 is 4.79 Å². The van der Waals surface area contributed by atoms with Crippen molar-refractivity contribution in [1.82, 2.24) is 10.6 Å². The van der Waals surface area contributed by atoms with E-state index < -0.39 is 0 Å². The highest BCUT2D eigenvalue weighted by atomic mass is 32.2. The van der Waals surface area contributed by atoms with Crippen molar-refractivity contribution in [2.75, 3.05) is 18.8 Å². The van der Waals surface area contributed by atoms with Gasteiger partial charge in [0.1, 0.15) is 0 Å². The van der Waals surface area contributed by atoms with E-state index in [4.69, 9.17) is 0 Å². The highest BCUT2D eigenvalue weighted by Crippen LogP contribution is 2.16. The monoisotopic (exact) mass is 278 g/mol. The Kier molecular flexibility index (Phi) is 5.73. The van der Waals surface area contributed by atoms with Crippen LogP contribution in [0.5, 0.6) is 0 Å². The molecule has 1 heterocycles. The van der Waals surface area contributed by atoms with Crippen LogP contribution in [0.2, 0.25) is 0 Å². The van der Waals surface area contributed by atoms with Gasteiger partial charge in [0, 0.05) is 17.2 Å². The molecule has 1 aliphatic rings. The minimum atomic E-state index is 0.00507. The number of benzene rings is 1. The maximum atomic E-state index is 12.0. The molecule has 4 heteroatoms. The molecular formula is C15H22N2OS. The summed E-state index contributed by atoms with van der Waals surface area (Å²) in [5.74, 6) is 1.72. The van der Waals surface area contributed by atoms with Crippen molar-refractivity contribution in [3.63, 3.8) is 0 Å². The maximum Gasteiger partial charge on any atom is 0.237 e. The third kappa shape index (κ3) is 4.88. The van der Waals surface area contributed by atoms with Crippen LogP contribution < -0.4 is 10.6 Å². The molecule has 0 aliphatic carbocycles. The van der Waals surface area contributed by atoms with E-state index in [9.17, 15) is 4.79 Å². The molecular weight excluding hydrogens is 256 g/mol. The Labute approximate surface area is 119 Å². The summed E-state index contributed by atoms with van der Waals surface area (Å²) in [5, 5.41) is 6.31. The fourth-order valence-corrected chi connectivity index (χ4v) is 3.08. The van der Waals surface area contributed by atoms with Crippen LogP contribution in [-0.4, -0.2) is 30.8 Å². The zero-order valence-corrected chi connectivity index (χ0v) is 12.2. The topological polar surface area (TPSA) is 41.1 Å². The lowest BCUT2D eigenvalue weighted by atomic mass is 9.94.